The summed E-state index contributed by atoms with van der Waals surface area (Å²) in [4.78, 5) is 2.47. The second kappa shape index (κ2) is 5.69. The van der Waals surface area contributed by atoms with Crippen LogP contribution in [0.4, 0.5) is 0 Å². The summed E-state index contributed by atoms with van der Waals surface area (Å²) < 4.78 is 5.18. The number of ether oxygens (including phenoxy) is 1. The Bertz CT molecular complexity index is 155. The van der Waals surface area contributed by atoms with Gasteiger partial charge in [-0.3, -0.25) is 4.90 Å². The molecular weight excluding hydrogens is 176 g/mol. The third-order valence-electron chi connectivity index (χ3n) is 3.47. The summed E-state index contributed by atoms with van der Waals surface area (Å²) in [6.07, 6.45) is 2.71. The molecule has 1 fully saturated rings. The van der Waals surface area contributed by atoms with Crippen molar-refractivity contribution >= 4 is 0 Å². The molecule has 1 saturated carbocycles. The summed E-state index contributed by atoms with van der Waals surface area (Å²) in [6, 6.07) is 1.29. The summed E-state index contributed by atoms with van der Waals surface area (Å²) in [5, 5.41) is 3.27. The second-order valence-electron chi connectivity index (χ2n) is 4.43. The Morgan fingerprint density at radius 1 is 1.50 bits per heavy atom. The molecule has 0 amide bonds. The maximum absolute atomic E-state index is 5.18. The number of hydrogen-bond donors (Lipinski definition) is 1. The molecule has 3 heteroatoms. The van der Waals surface area contributed by atoms with Gasteiger partial charge in [0.1, 0.15) is 0 Å². The largest absolute Gasteiger partial charge is 0.383 e. The van der Waals surface area contributed by atoms with Crippen molar-refractivity contribution in [2.75, 3.05) is 34.4 Å². The third kappa shape index (κ3) is 2.69. The van der Waals surface area contributed by atoms with Crippen LogP contribution < -0.4 is 5.32 Å². The first-order chi connectivity index (χ1) is 6.70. The normalized spacial score (nSPS) is 28.9. The zero-order valence-electron chi connectivity index (χ0n) is 9.92. The Labute approximate surface area is 87.8 Å². The van der Waals surface area contributed by atoms with Gasteiger partial charge in [-0.1, -0.05) is 0 Å². The van der Waals surface area contributed by atoms with E-state index in [0.29, 0.717) is 6.04 Å². The number of rotatable bonds is 6. The molecule has 3 unspecified atom stereocenters. The Kier molecular flexibility index (Phi) is 4.85. The Morgan fingerprint density at radius 2 is 2.21 bits per heavy atom. The van der Waals surface area contributed by atoms with Gasteiger partial charge < -0.3 is 10.1 Å². The summed E-state index contributed by atoms with van der Waals surface area (Å²) in [5.74, 6) is 0.837. The van der Waals surface area contributed by atoms with E-state index >= 15 is 0 Å². The van der Waals surface area contributed by atoms with Crippen molar-refractivity contribution < 1.29 is 4.74 Å². The molecule has 0 aromatic heterocycles. The van der Waals surface area contributed by atoms with E-state index in [4.69, 9.17) is 4.74 Å². The van der Waals surface area contributed by atoms with Crippen molar-refractivity contribution in [2.45, 2.75) is 31.8 Å². The lowest BCUT2D eigenvalue weighted by atomic mass is 9.78. The molecule has 0 heterocycles. The summed E-state index contributed by atoms with van der Waals surface area (Å²) in [5.41, 5.74) is 0. The fraction of sp³-hybridized carbons (Fsp3) is 1.00. The SMILES string of the molecule is CNCC1CCC1N(C)C(C)COC. The fourth-order valence-electron chi connectivity index (χ4n) is 2.27. The van der Waals surface area contributed by atoms with Gasteiger partial charge in [-0.05, 0) is 46.3 Å². The maximum atomic E-state index is 5.18. The standard InChI is InChI=1S/C11H24N2O/c1-9(8-14-4)13(3)11-6-5-10(11)7-12-2/h9-12H,5-8H2,1-4H3. The molecule has 3 nitrogen and oxygen atoms in total. The number of nitrogens with zero attached hydrogens (tertiary/aromatic N) is 1. The Morgan fingerprint density at radius 3 is 2.64 bits per heavy atom. The van der Waals surface area contributed by atoms with Crippen LogP contribution in [0.15, 0.2) is 0 Å². The molecule has 1 rings (SSSR count). The molecule has 0 spiro atoms. The fourth-order valence-corrected chi connectivity index (χ4v) is 2.27. The van der Waals surface area contributed by atoms with E-state index in [1.165, 1.54) is 12.8 Å². The van der Waals surface area contributed by atoms with E-state index in [2.05, 4.69) is 24.2 Å². The Hall–Kier alpha value is -0.120. The van der Waals surface area contributed by atoms with Crippen LogP contribution in [0.1, 0.15) is 19.8 Å². The van der Waals surface area contributed by atoms with Gasteiger partial charge >= 0.3 is 0 Å². The summed E-state index contributed by atoms with van der Waals surface area (Å²) in [7, 11) is 6.03. The molecule has 0 radical (unpaired) electrons. The van der Waals surface area contributed by atoms with Crippen LogP contribution in [-0.2, 0) is 4.74 Å². The maximum Gasteiger partial charge on any atom is 0.0615 e. The van der Waals surface area contributed by atoms with E-state index in [1.807, 2.05) is 7.05 Å². The van der Waals surface area contributed by atoms with Gasteiger partial charge in [0, 0.05) is 19.2 Å². The first-order valence-electron chi connectivity index (χ1n) is 5.56. The predicted molar refractivity (Wildman–Crippen MR) is 59.5 cm³/mol. The minimum absolute atomic E-state index is 0.532. The van der Waals surface area contributed by atoms with Gasteiger partial charge in [0.2, 0.25) is 0 Å². The lowest BCUT2D eigenvalue weighted by Gasteiger charge is -2.45. The molecule has 0 aromatic rings. The lowest BCUT2D eigenvalue weighted by Crippen LogP contribution is -2.52. The molecule has 1 N–H and O–H groups in total. The zero-order chi connectivity index (χ0) is 10.6. The van der Waals surface area contributed by atoms with Crippen molar-refractivity contribution in [1.29, 1.82) is 0 Å². The summed E-state index contributed by atoms with van der Waals surface area (Å²) in [6.45, 7) is 4.21. The van der Waals surface area contributed by atoms with Crippen LogP contribution >= 0.6 is 0 Å². The van der Waals surface area contributed by atoms with Crippen LogP contribution in [0.3, 0.4) is 0 Å². The Balaban J connectivity index is 2.32. The van der Waals surface area contributed by atoms with Crippen LogP contribution in [0.25, 0.3) is 0 Å². The molecule has 1 aliphatic rings. The molecule has 1 aliphatic carbocycles. The first-order valence-corrected chi connectivity index (χ1v) is 5.56. The number of methoxy groups -OCH3 is 1. The average molecular weight is 200 g/mol. The topological polar surface area (TPSA) is 24.5 Å². The minimum atomic E-state index is 0.532. The van der Waals surface area contributed by atoms with Gasteiger partial charge in [0.05, 0.1) is 6.61 Å². The van der Waals surface area contributed by atoms with Crippen LogP contribution in [0, 0.1) is 5.92 Å². The zero-order valence-corrected chi connectivity index (χ0v) is 9.92. The molecule has 0 aliphatic heterocycles. The van der Waals surface area contributed by atoms with Gasteiger partial charge in [-0.2, -0.15) is 0 Å². The average Bonchev–Trinajstić information content (AvgIpc) is 2.12. The molecular formula is C11H24N2O. The van der Waals surface area contributed by atoms with Gasteiger partial charge in [0.15, 0.2) is 0 Å². The van der Waals surface area contributed by atoms with E-state index in [9.17, 15) is 0 Å². The van der Waals surface area contributed by atoms with E-state index in [-0.39, 0.29) is 0 Å². The van der Waals surface area contributed by atoms with Crippen molar-refractivity contribution in [3.8, 4) is 0 Å². The minimum Gasteiger partial charge on any atom is -0.383 e. The molecule has 0 bridgehead atoms. The van der Waals surface area contributed by atoms with E-state index < -0.39 is 0 Å². The van der Waals surface area contributed by atoms with Crippen molar-refractivity contribution in [1.82, 2.24) is 10.2 Å². The van der Waals surface area contributed by atoms with Gasteiger partial charge in [-0.15, -0.1) is 0 Å². The highest BCUT2D eigenvalue weighted by Gasteiger charge is 2.34. The highest BCUT2D eigenvalue weighted by atomic mass is 16.5. The molecule has 0 saturated heterocycles. The number of likely N-dealkylation sites (N-methyl/N-ethyl adjacent to an activating group) is 1. The van der Waals surface area contributed by atoms with Crippen molar-refractivity contribution in [3.05, 3.63) is 0 Å². The molecule has 0 aromatic carbocycles. The number of hydrogen-bond acceptors (Lipinski definition) is 3. The van der Waals surface area contributed by atoms with Gasteiger partial charge in [0.25, 0.3) is 0 Å². The molecule has 3 atom stereocenters. The van der Waals surface area contributed by atoms with Crippen molar-refractivity contribution in [3.63, 3.8) is 0 Å². The van der Waals surface area contributed by atoms with E-state index in [1.54, 1.807) is 7.11 Å². The monoisotopic (exact) mass is 200 g/mol. The van der Waals surface area contributed by atoms with Gasteiger partial charge in [-0.25, -0.2) is 0 Å². The summed E-state index contributed by atoms with van der Waals surface area (Å²) >= 11 is 0. The second-order valence-corrected chi connectivity index (χ2v) is 4.43. The highest BCUT2D eigenvalue weighted by molar-refractivity contribution is 4.90. The molecule has 14 heavy (non-hydrogen) atoms. The third-order valence-corrected chi connectivity index (χ3v) is 3.47. The van der Waals surface area contributed by atoms with Crippen LogP contribution in [-0.4, -0.2) is 51.3 Å². The van der Waals surface area contributed by atoms with Crippen LogP contribution in [0.2, 0.25) is 0 Å². The smallest absolute Gasteiger partial charge is 0.0615 e. The quantitative estimate of drug-likeness (QED) is 0.691. The predicted octanol–water partition coefficient (Wildman–Crippen LogP) is 0.951. The van der Waals surface area contributed by atoms with E-state index in [0.717, 1.165) is 25.1 Å². The lowest BCUT2D eigenvalue weighted by molar-refractivity contribution is 0.0241. The molecule has 84 valence electrons. The van der Waals surface area contributed by atoms with Crippen molar-refractivity contribution in [2.24, 2.45) is 5.92 Å². The highest BCUT2D eigenvalue weighted by Crippen LogP contribution is 2.31. The van der Waals surface area contributed by atoms with Crippen LogP contribution in [0.5, 0.6) is 0 Å². The first kappa shape index (κ1) is 12.0. The number of nitrogens with one attached hydrogen (secondary N) is 1.